The van der Waals surface area contributed by atoms with Crippen LogP contribution in [0.1, 0.15) is 28.4 Å². The van der Waals surface area contributed by atoms with E-state index in [1.165, 1.54) is 0 Å². The zero-order valence-corrected chi connectivity index (χ0v) is 18.1. The van der Waals surface area contributed by atoms with E-state index in [1.54, 1.807) is 79.3 Å². The summed E-state index contributed by atoms with van der Waals surface area (Å²) in [6.07, 6.45) is 3.85. The molecule has 170 valence electrons. The summed E-state index contributed by atoms with van der Waals surface area (Å²) in [6.45, 7) is 0. The number of pyridine rings is 2. The fourth-order valence-electron chi connectivity index (χ4n) is 3.26. The minimum absolute atomic E-state index is 0.251. The van der Waals surface area contributed by atoms with E-state index in [4.69, 9.17) is 4.74 Å². The number of anilines is 3. The number of nitrogens with zero attached hydrogens (tertiary/aromatic N) is 2. The molecule has 3 N–H and O–H groups in total. The largest absolute Gasteiger partial charge is 0.483 e. The number of ether oxygens (including phenoxy) is 1. The Kier molecular flexibility index (Phi) is 7.09. The molecule has 1 unspecified atom stereocenters. The molecule has 0 spiro atoms. The molecule has 0 radical (unpaired) electrons. The van der Waals surface area contributed by atoms with Crippen LogP contribution in [0.4, 0.5) is 17.2 Å². The molecule has 0 bridgehead atoms. The molecule has 0 aliphatic rings. The lowest BCUT2D eigenvalue weighted by Crippen LogP contribution is -2.16. The van der Waals surface area contributed by atoms with E-state index in [9.17, 15) is 14.7 Å². The lowest BCUT2D eigenvalue weighted by molar-refractivity contribution is -0.138. The minimum Gasteiger partial charge on any atom is -0.483 e. The van der Waals surface area contributed by atoms with Gasteiger partial charge in [0.1, 0.15) is 17.7 Å². The quantitative estimate of drug-likeness (QED) is 0.324. The molecule has 0 saturated heterocycles. The fourth-order valence-corrected chi connectivity index (χ4v) is 3.26. The van der Waals surface area contributed by atoms with E-state index >= 15 is 0 Å². The number of para-hydroxylation sites is 2. The Morgan fingerprint density at radius 2 is 1.71 bits per heavy atom. The van der Waals surface area contributed by atoms with E-state index in [0.29, 0.717) is 28.4 Å². The summed E-state index contributed by atoms with van der Waals surface area (Å²) >= 11 is 0. The van der Waals surface area contributed by atoms with E-state index in [0.717, 1.165) is 5.69 Å². The molecule has 2 aromatic carbocycles. The standard InChI is InChI=1S/C26H22N4O4/c31-25(32)16-23(19-6-5-14-27-17-19)34-22-8-2-1-7-21(22)30-26(33)18-10-12-20(13-11-18)29-24-9-3-4-15-28-24/h1-15,17,23H,16H2,(H,28,29)(H,30,33)(H,31,32). The number of rotatable bonds is 9. The molecular formula is C26H22N4O4. The Bertz CT molecular complexity index is 1250. The number of aromatic nitrogens is 2. The Balaban J connectivity index is 1.48. The van der Waals surface area contributed by atoms with Gasteiger partial charge in [-0.25, -0.2) is 4.98 Å². The van der Waals surface area contributed by atoms with Crippen molar-refractivity contribution in [3.63, 3.8) is 0 Å². The van der Waals surface area contributed by atoms with Crippen LogP contribution in [0, 0.1) is 0 Å². The van der Waals surface area contributed by atoms with Crippen LogP contribution in [0.15, 0.2) is 97.5 Å². The van der Waals surface area contributed by atoms with Crippen LogP contribution < -0.4 is 15.4 Å². The van der Waals surface area contributed by atoms with Crippen molar-refractivity contribution in [2.45, 2.75) is 12.5 Å². The monoisotopic (exact) mass is 454 g/mol. The number of amides is 1. The molecule has 4 rings (SSSR count). The third kappa shape index (κ3) is 5.95. The first-order valence-electron chi connectivity index (χ1n) is 10.6. The summed E-state index contributed by atoms with van der Waals surface area (Å²) in [5, 5.41) is 15.3. The van der Waals surface area contributed by atoms with Gasteiger partial charge in [-0.2, -0.15) is 0 Å². The smallest absolute Gasteiger partial charge is 0.307 e. The average Bonchev–Trinajstić information content (AvgIpc) is 2.86. The average molecular weight is 454 g/mol. The van der Waals surface area contributed by atoms with Crippen LogP contribution >= 0.6 is 0 Å². The maximum absolute atomic E-state index is 12.9. The summed E-state index contributed by atoms with van der Waals surface area (Å²) in [5.41, 5.74) is 2.31. The topological polar surface area (TPSA) is 113 Å². The maximum Gasteiger partial charge on any atom is 0.307 e. The summed E-state index contributed by atoms with van der Waals surface area (Å²) in [6, 6.07) is 22.9. The second kappa shape index (κ2) is 10.7. The number of carbonyl (C=O) groups excluding carboxylic acids is 1. The van der Waals surface area contributed by atoms with Gasteiger partial charge in [0.05, 0.1) is 12.1 Å². The van der Waals surface area contributed by atoms with Gasteiger partial charge in [-0.15, -0.1) is 0 Å². The first-order chi connectivity index (χ1) is 16.6. The van der Waals surface area contributed by atoms with Crippen LogP contribution in [0.5, 0.6) is 5.75 Å². The predicted molar refractivity (Wildman–Crippen MR) is 128 cm³/mol. The van der Waals surface area contributed by atoms with Crippen molar-refractivity contribution >= 4 is 29.1 Å². The molecule has 8 heteroatoms. The Hall–Kier alpha value is -4.72. The highest BCUT2D eigenvalue weighted by Gasteiger charge is 2.20. The van der Waals surface area contributed by atoms with Crippen molar-refractivity contribution in [3.8, 4) is 5.75 Å². The molecule has 1 amide bonds. The van der Waals surface area contributed by atoms with Crippen molar-refractivity contribution in [1.29, 1.82) is 0 Å². The Morgan fingerprint density at radius 3 is 2.41 bits per heavy atom. The third-order valence-corrected chi connectivity index (χ3v) is 4.91. The van der Waals surface area contributed by atoms with Crippen molar-refractivity contribution in [2.24, 2.45) is 0 Å². The number of carboxylic acid groups (broad SMARTS) is 1. The summed E-state index contributed by atoms with van der Waals surface area (Å²) in [5.74, 6) is -0.263. The van der Waals surface area contributed by atoms with E-state index in [1.807, 2.05) is 18.2 Å². The highest BCUT2D eigenvalue weighted by atomic mass is 16.5. The predicted octanol–water partition coefficient (Wildman–Crippen LogP) is 5.07. The van der Waals surface area contributed by atoms with Crippen molar-refractivity contribution in [3.05, 3.63) is 109 Å². The third-order valence-electron chi connectivity index (χ3n) is 4.91. The van der Waals surface area contributed by atoms with Crippen molar-refractivity contribution < 1.29 is 19.4 Å². The van der Waals surface area contributed by atoms with E-state index < -0.39 is 12.1 Å². The van der Waals surface area contributed by atoms with Gasteiger partial charge in [-0.05, 0) is 54.6 Å². The van der Waals surface area contributed by atoms with Gasteiger partial charge in [0.15, 0.2) is 0 Å². The van der Waals surface area contributed by atoms with E-state index in [-0.39, 0.29) is 12.3 Å². The number of aliphatic carboxylic acids is 1. The molecule has 0 saturated carbocycles. The SMILES string of the molecule is O=C(O)CC(Oc1ccccc1NC(=O)c1ccc(Nc2ccccn2)cc1)c1cccnc1. The lowest BCUT2D eigenvalue weighted by atomic mass is 10.1. The van der Waals surface area contributed by atoms with Crippen LogP contribution in [-0.2, 0) is 4.79 Å². The van der Waals surface area contributed by atoms with Gasteiger partial charge in [-0.1, -0.05) is 24.3 Å². The second-order valence-corrected chi connectivity index (χ2v) is 7.36. The Labute approximate surface area is 196 Å². The van der Waals surface area contributed by atoms with Crippen molar-refractivity contribution in [2.75, 3.05) is 10.6 Å². The van der Waals surface area contributed by atoms with Gasteiger partial charge in [0.25, 0.3) is 5.91 Å². The number of carbonyl (C=O) groups is 2. The number of hydrogen-bond acceptors (Lipinski definition) is 6. The summed E-state index contributed by atoms with van der Waals surface area (Å²) in [7, 11) is 0. The number of nitrogens with one attached hydrogen (secondary N) is 2. The Morgan fingerprint density at radius 1 is 0.912 bits per heavy atom. The fraction of sp³-hybridized carbons (Fsp3) is 0.0769. The molecule has 34 heavy (non-hydrogen) atoms. The summed E-state index contributed by atoms with van der Waals surface area (Å²) < 4.78 is 6.01. The molecule has 4 aromatic rings. The molecule has 0 fully saturated rings. The van der Waals surface area contributed by atoms with Gasteiger partial charge in [0, 0.05) is 35.4 Å². The maximum atomic E-state index is 12.9. The molecule has 0 aliphatic carbocycles. The molecule has 8 nitrogen and oxygen atoms in total. The van der Waals surface area contributed by atoms with Crippen LogP contribution in [0.2, 0.25) is 0 Å². The molecular weight excluding hydrogens is 432 g/mol. The van der Waals surface area contributed by atoms with Gasteiger partial charge in [-0.3, -0.25) is 14.6 Å². The van der Waals surface area contributed by atoms with Gasteiger partial charge in [0.2, 0.25) is 0 Å². The molecule has 0 aliphatic heterocycles. The zero-order valence-electron chi connectivity index (χ0n) is 18.1. The molecule has 1 atom stereocenters. The lowest BCUT2D eigenvalue weighted by Gasteiger charge is -2.20. The summed E-state index contributed by atoms with van der Waals surface area (Å²) in [4.78, 5) is 32.5. The minimum atomic E-state index is -1.00. The van der Waals surface area contributed by atoms with Crippen LogP contribution in [-0.4, -0.2) is 27.0 Å². The van der Waals surface area contributed by atoms with Gasteiger partial charge < -0.3 is 20.5 Å². The van der Waals surface area contributed by atoms with E-state index in [2.05, 4.69) is 20.6 Å². The zero-order chi connectivity index (χ0) is 23.8. The van der Waals surface area contributed by atoms with Crippen LogP contribution in [0.3, 0.4) is 0 Å². The van der Waals surface area contributed by atoms with Crippen LogP contribution in [0.25, 0.3) is 0 Å². The number of carboxylic acids is 1. The highest BCUT2D eigenvalue weighted by Crippen LogP contribution is 2.31. The first-order valence-corrected chi connectivity index (χ1v) is 10.6. The second-order valence-electron chi connectivity index (χ2n) is 7.36. The first kappa shape index (κ1) is 22.5. The number of hydrogen-bond donors (Lipinski definition) is 3. The van der Waals surface area contributed by atoms with Gasteiger partial charge >= 0.3 is 5.97 Å². The molecule has 2 aromatic heterocycles. The normalized spacial score (nSPS) is 11.3. The molecule has 2 heterocycles. The van der Waals surface area contributed by atoms with Crippen molar-refractivity contribution in [1.82, 2.24) is 9.97 Å². The number of benzene rings is 2. The highest BCUT2D eigenvalue weighted by molar-refractivity contribution is 6.05.